The number of carbonyl (C=O) groups is 1. The van der Waals surface area contributed by atoms with Crippen LogP contribution in [0, 0.1) is 5.82 Å². The van der Waals surface area contributed by atoms with Crippen LogP contribution in [0.5, 0.6) is 0 Å². The summed E-state index contributed by atoms with van der Waals surface area (Å²) in [6.07, 6.45) is 0.558. The summed E-state index contributed by atoms with van der Waals surface area (Å²) in [7, 11) is -4.05. The standard InChI is InChI=1S/C17H15FN2O3S2/c1-2-15-16(21)20(13-6-4-3-5-7-13)17(24-15)19-25(22,23)14-10-8-12(18)9-11-14/h3-11,15H,2H2,1H3/t15-/m1/s1. The second-order valence-electron chi connectivity index (χ2n) is 5.33. The lowest BCUT2D eigenvalue weighted by Crippen LogP contribution is -2.32. The van der Waals surface area contributed by atoms with Crippen molar-refractivity contribution in [3.05, 3.63) is 60.4 Å². The number of benzene rings is 2. The first-order chi connectivity index (χ1) is 11.9. The van der Waals surface area contributed by atoms with Gasteiger partial charge in [-0.3, -0.25) is 9.69 Å². The molecular formula is C17H15FN2O3S2. The summed E-state index contributed by atoms with van der Waals surface area (Å²) < 4.78 is 41.9. The van der Waals surface area contributed by atoms with Crippen molar-refractivity contribution in [1.29, 1.82) is 0 Å². The molecule has 0 bridgehead atoms. The monoisotopic (exact) mass is 378 g/mol. The van der Waals surface area contributed by atoms with Crippen LogP contribution in [-0.4, -0.2) is 24.7 Å². The maximum Gasteiger partial charge on any atom is 0.284 e. The molecule has 1 amide bonds. The third-order valence-corrected chi connectivity index (χ3v) is 6.33. The number of para-hydroxylation sites is 1. The lowest BCUT2D eigenvalue weighted by atomic mass is 10.2. The first kappa shape index (κ1) is 17.6. The average molecular weight is 378 g/mol. The fraction of sp³-hybridized carbons (Fsp3) is 0.176. The molecule has 0 spiro atoms. The smallest absolute Gasteiger partial charge is 0.273 e. The number of sulfonamides is 1. The molecule has 0 unspecified atom stereocenters. The Morgan fingerprint density at radius 1 is 1.12 bits per heavy atom. The number of hydrogen-bond donors (Lipinski definition) is 0. The van der Waals surface area contributed by atoms with Gasteiger partial charge >= 0.3 is 0 Å². The van der Waals surface area contributed by atoms with E-state index in [-0.39, 0.29) is 21.2 Å². The van der Waals surface area contributed by atoms with E-state index in [1.54, 1.807) is 30.3 Å². The van der Waals surface area contributed by atoms with E-state index < -0.39 is 15.8 Å². The number of nitrogens with zero attached hydrogens (tertiary/aromatic N) is 2. The molecule has 1 aliphatic rings. The molecule has 0 saturated carbocycles. The Morgan fingerprint density at radius 2 is 1.76 bits per heavy atom. The zero-order valence-electron chi connectivity index (χ0n) is 13.3. The topological polar surface area (TPSA) is 66.8 Å². The van der Waals surface area contributed by atoms with Crippen molar-refractivity contribution in [3.8, 4) is 0 Å². The fourth-order valence-corrected chi connectivity index (χ4v) is 4.63. The summed E-state index contributed by atoms with van der Waals surface area (Å²) in [5.74, 6) is -0.735. The van der Waals surface area contributed by atoms with Gasteiger partial charge in [-0.05, 0) is 42.8 Å². The maximum absolute atomic E-state index is 13.0. The number of anilines is 1. The van der Waals surface area contributed by atoms with Crippen molar-refractivity contribution in [3.63, 3.8) is 0 Å². The molecule has 1 saturated heterocycles. The third kappa shape index (κ3) is 3.59. The van der Waals surface area contributed by atoms with Gasteiger partial charge in [0.2, 0.25) is 5.91 Å². The summed E-state index contributed by atoms with van der Waals surface area (Å²) >= 11 is 1.12. The number of thioether (sulfide) groups is 1. The Bertz CT molecular complexity index is 913. The first-order valence-electron chi connectivity index (χ1n) is 7.58. The van der Waals surface area contributed by atoms with Crippen LogP contribution in [0.4, 0.5) is 10.1 Å². The molecule has 2 aromatic carbocycles. The van der Waals surface area contributed by atoms with E-state index in [1.165, 1.54) is 4.90 Å². The van der Waals surface area contributed by atoms with E-state index in [0.29, 0.717) is 12.1 Å². The Morgan fingerprint density at radius 3 is 2.36 bits per heavy atom. The van der Waals surface area contributed by atoms with Gasteiger partial charge in [0, 0.05) is 0 Å². The van der Waals surface area contributed by atoms with E-state index in [2.05, 4.69) is 4.40 Å². The average Bonchev–Trinajstić information content (AvgIpc) is 2.90. The molecule has 1 aliphatic heterocycles. The van der Waals surface area contributed by atoms with E-state index in [4.69, 9.17) is 0 Å². The Hall–Kier alpha value is -2.19. The normalized spacial score (nSPS) is 19.6. The minimum absolute atomic E-state index is 0.104. The van der Waals surface area contributed by atoms with Crippen LogP contribution < -0.4 is 4.90 Å². The van der Waals surface area contributed by atoms with Crippen molar-refractivity contribution >= 4 is 38.5 Å². The second-order valence-corrected chi connectivity index (χ2v) is 8.10. The number of halogens is 1. The van der Waals surface area contributed by atoms with Crippen LogP contribution >= 0.6 is 11.8 Å². The summed E-state index contributed by atoms with van der Waals surface area (Å²) in [6, 6.07) is 13.2. The van der Waals surface area contributed by atoms with Gasteiger partial charge < -0.3 is 0 Å². The van der Waals surface area contributed by atoms with E-state index in [1.807, 2.05) is 6.92 Å². The van der Waals surface area contributed by atoms with Gasteiger partial charge in [-0.2, -0.15) is 8.42 Å². The van der Waals surface area contributed by atoms with Crippen LogP contribution in [0.25, 0.3) is 0 Å². The molecule has 1 heterocycles. The zero-order chi connectivity index (χ0) is 18.0. The minimum atomic E-state index is -4.05. The maximum atomic E-state index is 13.0. The molecule has 0 radical (unpaired) electrons. The molecule has 2 aromatic rings. The van der Waals surface area contributed by atoms with Crippen LogP contribution in [0.1, 0.15) is 13.3 Å². The molecule has 0 N–H and O–H groups in total. The quantitative estimate of drug-likeness (QED) is 0.818. The number of amides is 1. The van der Waals surface area contributed by atoms with E-state index >= 15 is 0 Å². The van der Waals surface area contributed by atoms with Crippen molar-refractivity contribution in [1.82, 2.24) is 0 Å². The lowest BCUT2D eigenvalue weighted by molar-refractivity contribution is -0.116. The highest BCUT2D eigenvalue weighted by atomic mass is 32.2. The molecule has 1 atom stereocenters. The van der Waals surface area contributed by atoms with Gasteiger partial charge in [-0.1, -0.05) is 36.9 Å². The Kier molecular flexibility index (Phi) is 4.91. The fourth-order valence-electron chi connectivity index (χ4n) is 2.37. The minimum Gasteiger partial charge on any atom is -0.273 e. The molecule has 5 nitrogen and oxygen atoms in total. The predicted octanol–water partition coefficient (Wildman–Crippen LogP) is 3.43. The van der Waals surface area contributed by atoms with Crippen LogP contribution in [-0.2, 0) is 14.8 Å². The van der Waals surface area contributed by atoms with Gasteiger partial charge in [0.05, 0.1) is 15.8 Å². The number of amidine groups is 1. The van der Waals surface area contributed by atoms with Crippen LogP contribution in [0.15, 0.2) is 63.9 Å². The lowest BCUT2D eigenvalue weighted by Gasteiger charge is -2.16. The van der Waals surface area contributed by atoms with Crippen molar-refractivity contribution in [2.75, 3.05) is 4.90 Å². The van der Waals surface area contributed by atoms with Gasteiger partial charge in [0.1, 0.15) is 5.82 Å². The molecule has 25 heavy (non-hydrogen) atoms. The molecule has 130 valence electrons. The predicted molar refractivity (Wildman–Crippen MR) is 96.6 cm³/mol. The van der Waals surface area contributed by atoms with Crippen LogP contribution in [0.2, 0.25) is 0 Å². The van der Waals surface area contributed by atoms with Crippen molar-refractivity contribution in [2.45, 2.75) is 23.5 Å². The van der Waals surface area contributed by atoms with Gasteiger partial charge in [0.15, 0.2) is 5.17 Å². The Labute approximate surface area is 149 Å². The molecular weight excluding hydrogens is 363 g/mol. The third-order valence-electron chi connectivity index (χ3n) is 3.63. The van der Waals surface area contributed by atoms with Crippen molar-refractivity contribution < 1.29 is 17.6 Å². The summed E-state index contributed by atoms with van der Waals surface area (Å²) in [6.45, 7) is 1.86. The summed E-state index contributed by atoms with van der Waals surface area (Å²) in [5, 5.41) is -0.283. The summed E-state index contributed by atoms with van der Waals surface area (Å²) in [5.41, 5.74) is 0.559. The highest BCUT2D eigenvalue weighted by molar-refractivity contribution is 8.16. The summed E-state index contributed by atoms with van der Waals surface area (Å²) in [4.78, 5) is 13.8. The number of rotatable bonds is 4. The largest absolute Gasteiger partial charge is 0.284 e. The first-order valence-corrected chi connectivity index (χ1v) is 9.90. The van der Waals surface area contributed by atoms with E-state index in [0.717, 1.165) is 36.0 Å². The molecule has 1 fully saturated rings. The zero-order valence-corrected chi connectivity index (χ0v) is 14.9. The SMILES string of the molecule is CC[C@H]1SC(=NS(=O)(=O)c2ccc(F)cc2)N(c2ccccc2)C1=O. The Balaban J connectivity index is 2.04. The molecule has 3 rings (SSSR count). The highest BCUT2D eigenvalue weighted by Crippen LogP contribution is 2.34. The molecule has 8 heteroatoms. The molecule has 0 aromatic heterocycles. The van der Waals surface area contributed by atoms with E-state index in [9.17, 15) is 17.6 Å². The van der Waals surface area contributed by atoms with Gasteiger partial charge in [-0.15, -0.1) is 4.40 Å². The highest BCUT2D eigenvalue weighted by Gasteiger charge is 2.39. The van der Waals surface area contributed by atoms with Crippen molar-refractivity contribution in [2.24, 2.45) is 4.40 Å². The van der Waals surface area contributed by atoms with Gasteiger partial charge in [-0.25, -0.2) is 4.39 Å². The second kappa shape index (κ2) is 6.97. The van der Waals surface area contributed by atoms with Crippen LogP contribution in [0.3, 0.4) is 0 Å². The number of hydrogen-bond acceptors (Lipinski definition) is 4. The molecule has 0 aliphatic carbocycles. The van der Waals surface area contributed by atoms with Gasteiger partial charge in [0.25, 0.3) is 10.0 Å². The number of carbonyl (C=O) groups excluding carboxylic acids is 1.